The van der Waals surface area contributed by atoms with Crippen LogP contribution < -0.4 is 9.64 Å². The number of ether oxygens (including phenoxy) is 1. The summed E-state index contributed by atoms with van der Waals surface area (Å²) in [6.45, 7) is 6.76. The molecular formula is C29H27NO3. The van der Waals surface area contributed by atoms with Gasteiger partial charge in [0.25, 0.3) is 0 Å². The second-order valence-corrected chi connectivity index (χ2v) is 9.59. The number of carbonyl (C=O) groups excluding carboxylic acids is 2. The van der Waals surface area contributed by atoms with Crippen LogP contribution in [0.15, 0.2) is 66.7 Å². The van der Waals surface area contributed by atoms with E-state index < -0.39 is 0 Å². The van der Waals surface area contributed by atoms with E-state index in [-0.39, 0.29) is 35.5 Å². The minimum Gasteiger partial charge on any atom is -0.492 e. The average Bonchev–Trinajstić information content (AvgIpc) is 3.10. The lowest BCUT2D eigenvalue weighted by Gasteiger charge is -2.46. The molecule has 4 aliphatic rings. The summed E-state index contributed by atoms with van der Waals surface area (Å²) in [4.78, 5) is 29.3. The third-order valence-electron chi connectivity index (χ3n) is 7.64. The maximum Gasteiger partial charge on any atom is 0.238 e. The summed E-state index contributed by atoms with van der Waals surface area (Å²) in [6, 6.07) is 22.4. The fourth-order valence-corrected chi connectivity index (χ4v) is 6.26. The van der Waals surface area contributed by atoms with Gasteiger partial charge in [0, 0.05) is 11.8 Å². The molecule has 166 valence electrons. The van der Waals surface area contributed by atoms with Crippen LogP contribution in [0.1, 0.15) is 66.3 Å². The molecule has 33 heavy (non-hydrogen) atoms. The lowest BCUT2D eigenvalue weighted by atomic mass is 9.54. The topological polar surface area (TPSA) is 46.6 Å². The smallest absolute Gasteiger partial charge is 0.238 e. The molecular weight excluding hydrogens is 410 g/mol. The first-order valence-electron chi connectivity index (χ1n) is 11.8. The van der Waals surface area contributed by atoms with Crippen molar-refractivity contribution in [3.63, 3.8) is 0 Å². The molecule has 2 amide bonds. The van der Waals surface area contributed by atoms with Crippen LogP contribution in [0.4, 0.5) is 5.69 Å². The van der Waals surface area contributed by atoms with Gasteiger partial charge in [-0.2, -0.15) is 0 Å². The molecule has 0 saturated carbocycles. The third-order valence-corrected chi connectivity index (χ3v) is 7.64. The summed E-state index contributed by atoms with van der Waals surface area (Å²) in [5.41, 5.74) is 6.62. The van der Waals surface area contributed by atoms with Crippen molar-refractivity contribution in [2.75, 3.05) is 11.5 Å². The summed E-state index contributed by atoms with van der Waals surface area (Å²) in [5.74, 6) is -0.227. The Morgan fingerprint density at radius 1 is 0.788 bits per heavy atom. The molecule has 0 unspecified atom stereocenters. The lowest BCUT2D eigenvalue weighted by molar-refractivity contribution is -0.122. The van der Waals surface area contributed by atoms with Crippen LogP contribution in [0.5, 0.6) is 5.75 Å². The van der Waals surface area contributed by atoms with Gasteiger partial charge in [0.2, 0.25) is 11.8 Å². The van der Waals surface area contributed by atoms with Crippen LogP contribution in [0.25, 0.3) is 0 Å². The molecule has 1 saturated heterocycles. The maximum atomic E-state index is 14.0. The summed E-state index contributed by atoms with van der Waals surface area (Å²) in [6.07, 6.45) is 0. The Balaban J connectivity index is 1.54. The highest BCUT2D eigenvalue weighted by atomic mass is 16.5. The molecule has 0 spiro atoms. The van der Waals surface area contributed by atoms with E-state index in [9.17, 15) is 9.59 Å². The van der Waals surface area contributed by atoms with Gasteiger partial charge in [-0.05, 0) is 52.8 Å². The third kappa shape index (κ3) is 2.70. The fraction of sp³-hybridized carbons (Fsp3) is 0.310. The zero-order chi connectivity index (χ0) is 22.9. The molecule has 3 aromatic rings. The first kappa shape index (κ1) is 20.2. The molecule has 3 aliphatic carbocycles. The largest absolute Gasteiger partial charge is 0.492 e. The van der Waals surface area contributed by atoms with E-state index in [1.54, 1.807) is 0 Å². The zero-order valence-corrected chi connectivity index (χ0v) is 19.1. The highest BCUT2D eigenvalue weighted by Gasteiger charge is 2.62. The number of nitrogens with zero attached hydrogens (tertiary/aromatic N) is 1. The second kappa shape index (κ2) is 7.31. The van der Waals surface area contributed by atoms with Gasteiger partial charge in [0.1, 0.15) is 5.75 Å². The highest BCUT2D eigenvalue weighted by molar-refractivity contribution is 6.24. The van der Waals surface area contributed by atoms with Gasteiger partial charge in [-0.15, -0.1) is 0 Å². The Hall–Kier alpha value is -3.40. The van der Waals surface area contributed by atoms with Crippen molar-refractivity contribution in [2.24, 2.45) is 11.8 Å². The summed E-state index contributed by atoms with van der Waals surface area (Å²) in [7, 11) is 0. The van der Waals surface area contributed by atoms with E-state index >= 15 is 0 Å². The number of hydrogen-bond donors (Lipinski definition) is 0. The molecule has 0 radical (unpaired) electrons. The number of imide groups is 1. The molecule has 0 N–H and O–H groups in total. The minimum atomic E-state index is -0.387. The van der Waals surface area contributed by atoms with Gasteiger partial charge in [-0.3, -0.25) is 9.59 Å². The average molecular weight is 438 g/mol. The number of benzene rings is 3. The van der Waals surface area contributed by atoms with Crippen molar-refractivity contribution < 1.29 is 14.3 Å². The lowest BCUT2D eigenvalue weighted by Crippen LogP contribution is -2.41. The number of carbonyl (C=O) groups is 2. The van der Waals surface area contributed by atoms with Gasteiger partial charge in [-0.1, -0.05) is 68.4 Å². The highest BCUT2D eigenvalue weighted by Crippen LogP contribution is 2.61. The van der Waals surface area contributed by atoms with Crippen molar-refractivity contribution in [3.8, 4) is 5.75 Å². The number of amides is 2. The fourth-order valence-electron chi connectivity index (χ4n) is 6.26. The van der Waals surface area contributed by atoms with Crippen LogP contribution in [-0.2, 0) is 9.59 Å². The molecule has 0 aromatic heterocycles. The van der Waals surface area contributed by atoms with Crippen LogP contribution in [-0.4, -0.2) is 18.4 Å². The Morgan fingerprint density at radius 3 is 2.00 bits per heavy atom. The molecule has 4 atom stereocenters. The monoisotopic (exact) mass is 437 g/mol. The molecule has 1 aliphatic heterocycles. The molecule has 4 nitrogen and oxygen atoms in total. The van der Waals surface area contributed by atoms with E-state index in [4.69, 9.17) is 4.74 Å². The summed E-state index contributed by atoms with van der Waals surface area (Å²) < 4.78 is 5.79. The Labute approximate surface area is 194 Å². The first-order chi connectivity index (χ1) is 16.0. The van der Waals surface area contributed by atoms with Crippen LogP contribution in [0.2, 0.25) is 0 Å². The molecule has 1 heterocycles. The molecule has 2 bridgehead atoms. The van der Waals surface area contributed by atoms with Gasteiger partial charge < -0.3 is 4.74 Å². The first-order valence-corrected chi connectivity index (χ1v) is 11.8. The van der Waals surface area contributed by atoms with Crippen molar-refractivity contribution >= 4 is 17.5 Å². The van der Waals surface area contributed by atoms with E-state index in [1.165, 1.54) is 32.7 Å². The molecule has 3 aromatic carbocycles. The second-order valence-electron chi connectivity index (χ2n) is 9.59. The Bertz CT molecular complexity index is 1290. The SMILES string of the molecule is CCOc1ccccc1N1C(=O)[C@@H]2[C@@H]3c4ccccc4[C@H](c4cc(C(C)C)ccc43)[C@H]2C1=O. The zero-order valence-electron chi connectivity index (χ0n) is 19.1. The van der Waals surface area contributed by atoms with Gasteiger partial charge in [0.15, 0.2) is 0 Å². The summed E-state index contributed by atoms with van der Waals surface area (Å²) in [5, 5.41) is 0. The minimum absolute atomic E-state index is 0.104. The molecule has 4 heteroatoms. The van der Waals surface area contributed by atoms with Gasteiger partial charge in [-0.25, -0.2) is 4.90 Å². The van der Waals surface area contributed by atoms with Crippen molar-refractivity contribution in [3.05, 3.63) is 94.5 Å². The van der Waals surface area contributed by atoms with Gasteiger partial charge in [0.05, 0.1) is 24.1 Å². The summed E-state index contributed by atoms with van der Waals surface area (Å²) >= 11 is 0. The van der Waals surface area contributed by atoms with E-state index in [2.05, 4.69) is 44.2 Å². The molecule has 7 rings (SSSR count). The van der Waals surface area contributed by atoms with Crippen LogP contribution in [0, 0.1) is 11.8 Å². The maximum absolute atomic E-state index is 14.0. The van der Waals surface area contributed by atoms with Gasteiger partial charge >= 0.3 is 0 Å². The number of rotatable bonds is 4. The van der Waals surface area contributed by atoms with Crippen LogP contribution >= 0.6 is 0 Å². The van der Waals surface area contributed by atoms with Crippen molar-refractivity contribution in [1.82, 2.24) is 0 Å². The number of para-hydroxylation sites is 2. The van der Waals surface area contributed by atoms with Crippen molar-refractivity contribution in [2.45, 2.75) is 38.5 Å². The van der Waals surface area contributed by atoms with E-state index in [1.807, 2.05) is 43.3 Å². The normalized spacial score (nSPS) is 24.7. The quantitative estimate of drug-likeness (QED) is 0.499. The Morgan fingerprint density at radius 2 is 1.36 bits per heavy atom. The van der Waals surface area contributed by atoms with E-state index in [0.29, 0.717) is 24.0 Å². The van der Waals surface area contributed by atoms with Crippen LogP contribution in [0.3, 0.4) is 0 Å². The predicted octanol–water partition coefficient (Wildman–Crippen LogP) is 5.61. The Kier molecular flexibility index (Phi) is 4.48. The predicted molar refractivity (Wildman–Crippen MR) is 128 cm³/mol. The number of hydrogen-bond acceptors (Lipinski definition) is 3. The van der Waals surface area contributed by atoms with Crippen molar-refractivity contribution in [1.29, 1.82) is 0 Å². The molecule has 1 fully saturated rings. The standard InChI is InChI=1S/C29H27NO3/c1-4-33-23-12-8-7-11-22(23)30-28(31)26-24-18-9-5-6-10-19(18)25(27(26)29(30)32)21-15-17(16(2)3)13-14-20(21)24/h5-16,24-27H,4H2,1-3H3/t24-,25-,26-,27-/m1/s1. The number of anilines is 1. The van der Waals surface area contributed by atoms with E-state index in [0.717, 1.165) is 0 Å².